The van der Waals surface area contributed by atoms with Gasteiger partial charge in [0.1, 0.15) is 17.1 Å². The molecule has 1 aliphatic rings. The minimum Gasteiger partial charge on any atom is -0.496 e. The van der Waals surface area contributed by atoms with Crippen molar-refractivity contribution in [1.29, 1.82) is 0 Å². The summed E-state index contributed by atoms with van der Waals surface area (Å²) in [7, 11) is 1.64. The van der Waals surface area contributed by atoms with Crippen molar-refractivity contribution in [3.05, 3.63) is 125 Å². The fourth-order valence-corrected chi connectivity index (χ4v) is 6.86. The van der Waals surface area contributed by atoms with Gasteiger partial charge in [-0.15, -0.1) is 0 Å². The Morgan fingerprint density at radius 1 is 0.947 bits per heavy atom. The summed E-state index contributed by atoms with van der Waals surface area (Å²) in [5, 5.41) is 24.3. The number of nitro benzene ring substituents is 1. The molecule has 4 aromatic carbocycles. The molecule has 0 bridgehead atoms. The van der Waals surface area contributed by atoms with Gasteiger partial charge in [0.2, 0.25) is 0 Å². The Balaban J connectivity index is 1.21. The number of aromatic nitrogens is 2. The number of imidazole rings is 1. The van der Waals surface area contributed by atoms with E-state index >= 15 is 0 Å². The fraction of sp³-hybridized carbons (Fsp3) is 0.395. The first-order valence-electron chi connectivity index (χ1n) is 19.0. The van der Waals surface area contributed by atoms with Gasteiger partial charge < -0.3 is 43.0 Å². The number of carbonyl (C=O) groups is 1. The highest BCUT2D eigenvalue weighted by molar-refractivity contribution is 5.89. The number of benzene rings is 4. The first-order valence-corrected chi connectivity index (χ1v) is 19.0. The van der Waals surface area contributed by atoms with Crippen LogP contribution in [-0.4, -0.2) is 94.5 Å². The van der Waals surface area contributed by atoms with E-state index in [1.165, 1.54) is 6.07 Å². The zero-order valence-electron chi connectivity index (χ0n) is 32.7. The number of ether oxygens (including phenoxy) is 6. The lowest BCUT2D eigenvalue weighted by Gasteiger charge is -2.44. The second-order valence-corrected chi connectivity index (χ2v) is 14.9. The van der Waals surface area contributed by atoms with Crippen LogP contribution in [-0.2, 0) is 27.4 Å². The Labute approximate surface area is 332 Å². The maximum atomic E-state index is 13.6. The number of carbonyl (C=O) groups excluding carboxylic acids is 1. The molecule has 2 heterocycles. The molecular weight excluding hydrogens is 732 g/mol. The van der Waals surface area contributed by atoms with Crippen molar-refractivity contribution in [3.63, 3.8) is 0 Å². The van der Waals surface area contributed by atoms with Crippen LogP contribution < -0.4 is 14.2 Å². The highest BCUT2D eigenvalue weighted by Gasteiger charge is 2.42. The lowest BCUT2D eigenvalue weighted by molar-refractivity contribution is -0.385. The SMILES string of the molecule is COc1cc(CO[C@H]2CN(C(=O)OC(C)(C)C)C[C@@H](OC[C@@H](O)Cn3ccnc3)[C@@H]2c2ccc(OCCCOc3ccccc3[N+](=O)[O-])cc2)cc2ccccc12. The number of amides is 1. The molecule has 0 spiro atoms. The molecule has 0 saturated carbocycles. The Bertz CT molecular complexity index is 2070. The van der Waals surface area contributed by atoms with Crippen molar-refractivity contribution in [1.82, 2.24) is 14.5 Å². The van der Waals surface area contributed by atoms with Crippen LogP contribution in [0.1, 0.15) is 44.2 Å². The van der Waals surface area contributed by atoms with E-state index in [4.69, 9.17) is 28.4 Å². The lowest BCUT2D eigenvalue weighted by atomic mass is 9.84. The molecule has 1 saturated heterocycles. The van der Waals surface area contributed by atoms with Crippen LogP contribution in [0.25, 0.3) is 10.8 Å². The Kier molecular flexibility index (Phi) is 13.6. The van der Waals surface area contributed by atoms with E-state index in [-0.39, 0.29) is 56.8 Å². The van der Waals surface area contributed by atoms with Gasteiger partial charge in [0, 0.05) is 36.2 Å². The van der Waals surface area contributed by atoms with Crippen LogP contribution in [0, 0.1) is 10.1 Å². The molecule has 5 aromatic rings. The molecule has 1 fully saturated rings. The number of fused-ring (bicyclic) bond motifs is 1. The van der Waals surface area contributed by atoms with Gasteiger partial charge in [-0.25, -0.2) is 9.78 Å². The summed E-state index contributed by atoms with van der Waals surface area (Å²) in [6.07, 6.45) is 3.12. The number of hydrogen-bond acceptors (Lipinski definition) is 11. The molecule has 0 aliphatic carbocycles. The molecule has 302 valence electrons. The first-order chi connectivity index (χ1) is 27.5. The van der Waals surface area contributed by atoms with Crippen molar-refractivity contribution in [3.8, 4) is 17.2 Å². The van der Waals surface area contributed by atoms with Gasteiger partial charge in [-0.3, -0.25) is 10.1 Å². The molecular formula is C43H50N4O10. The van der Waals surface area contributed by atoms with Crippen LogP contribution in [0.3, 0.4) is 0 Å². The van der Waals surface area contributed by atoms with E-state index in [9.17, 15) is 20.0 Å². The molecule has 1 amide bonds. The maximum Gasteiger partial charge on any atom is 0.410 e. The summed E-state index contributed by atoms with van der Waals surface area (Å²) in [5.74, 6) is 1.23. The van der Waals surface area contributed by atoms with Crippen molar-refractivity contribution in [2.24, 2.45) is 0 Å². The predicted molar refractivity (Wildman–Crippen MR) is 213 cm³/mol. The quantitative estimate of drug-likeness (QED) is 0.0580. The number of para-hydroxylation sites is 2. The third-order valence-corrected chi connectivity index (χ3v) is 9.45. The molecule has 14 heteroatoms. The van der Waals surface area contributed by atoms with Crippen molar-refractivity contribution >= 4 is 22.6 Å². The van der Waals surface area contributed by atoms with Gasteiger partial charge in [-0.2, -0.15) is 0 Å². The van der Waals surface area contributed by atoms with Crippen LogP contribution in [0.5, 0.6) is 17.2 Å². The zero-order valence-corrected chi connectivity index (χ0v) is 32.7. The highest BCUT2D eigenvalue weighted by atomic mass is 16.6. The fourth-order valence-electron chi connectivity index (χ4n) is 6.86. The average molecular weight is 783 g/mol. The summed E-state index contributed by atoms with van der Waals surface area (Å²) in [5.41, 5.74) is 1.01. The third-order valence-electron chi connectivity index (χ3n) is 9.45. The van der Waals surface area contributed by atoms with Crippen LogP contribution in [0.2, 0.25) is 0 Å². The predicted octanol–water partition coefficient (Wildman–Crippen LogP) is 7.17. The van der Waals surface area contributed by atoms with Crippen LogP contribution in [0.15, 0.2) is 104 Å². The van der Waals surface area contributed by atoms with Crippen LogP contribution >= 0.6 is 0 Å². The number of aliphatic hydroxyl groups is 1. The first kappa shape index (κ1) is 40.9. The smallest absolute Gasteiger partial charge is 0.410 e. The normalized spacial score (nSPS) is 17.6. The van der Waals surface area contributed by atoms with Gasteiger partial charge in [0.25, 0.3) is 0 Å². The highest BCUT2D eigenvalue weighted by Crippen LogP contribution is 2.36. The van der Waals surface area contributed by atoms with Crippen molar-refractivity contribution < 1.29 is 43.2 Å². The van der Waals surface area contributed by atoms with Gasteiger partial charge >= 0.3 is 11.8 Å². The Hall–Kier alpha value is -5.70. The molecule has 6 rings (SSSR count). The second-order valence-electron chi connectivity index (χ2n) is 14.9. The molecule has 1 aliphatic heterocycles. The molecule has 1 aromatic heterocycles. The topological polar surface area (TPSA) is 157 Å². The number of nitrogens with zero attached hydrogens (tertiary/aromatic N) is 4. The van der Waals surface area contributed by atoms with Gasteiger partial charge in [-0.05, 0) is 67.6 Å². The average Bonchev–Trinajstić information content (AvgIpc) is 3.71. The monoisotopic (exact) mass is 782 g/mol. The van der Waals surface area contributed by atoms with Crippen molar-refractivity contribution in [2.45, 2.75) is 70.2 Å². The summed E-state index contributed by atoms with van der Waals surface area (Å²) in [6.45, 7) is 7.01. The summed E-state index contributed by atoms with van der Waals surface area (Å²) >= 11 is 0. The molecule has 57 heavy (non-hydrogen) atoms. The molecule has 0 radical (unpaired) electrons. The third kappa shape index (κ3) is 11.2. The number of likely N-dealkylation sites (tertiary alicyclic amines) is 1. The maximum absolute atomic E-state index is 13.6. The van der Waals surface area contributed by atoms with E-state index < -0.39 is 34.9 Å². The molecule has 0 unspecified atom stereocenters. The second kappa shape index (κ2) is 19.0. The van der Waals surface area contributed by atoms with E-state index in [1.54, 1.807) is 53.5 Å². The Morgan fingerprint density at radius 3 is 2.39 bits per heavy atom. The summed E-state index contributed by atoms with van der Waals surface area (Å²) in [6, 6.07) is 25.9. The van der Waals surface area contributed by atoms with Gasteiger partial charge in [0.15, 0.2) is 5.75 Å². The Morgan fingerprint density at radius 2 is 1.67 bits per heavy atom. The minimum atomic E-state index is -0.839. The summed E-state index contributed by atoms with van der Waals surface area (Å²) < 4.78 is 38.2. The van der Waals surface area contributed by atoms with Crippen LogP contribution in [0.4, 0.5) is 10.5 Å². The van der Waals surface area contributed by atoms with Gasteiger partial charge in [0.05, 0.1) is 82.7 Å². The zero-order chi connectivity index (χ0) is 40.4. The van der Waals surface area contributed by atoms with E-state index in [2.05, 4.69) is 11.1 Å². The number of hydrogen-bond donors (Lipinski definition) is 1. The number of piperidine rings is 1. The standard InChI is InChI=1S/C43H50N4O10/c1-43(2,3)57-42(49)46-25-39(55-27-30-22-32-10-5-6-11-35(32)38(23-30)52-4)41(40(26-46)56-28-33(48)24-45-19-18-44-29-45)31-14-16-34(17-15-31)53-20-9-21-54-37-13-8-7-12-36(37)47(50)51/h5-8,10-19,22-23,29,33,39-41,48H,9,20-21,24-28H2,1-4H3/t33-,39-,40+,41+/m0/s1. The molecule has 14 nitrogen and oxygen atoms in total. The largest absolute Gasteiger partial charge is 0.496 e. The molecule has 1 N–H and O–H groups in total. The minimum absolute atomic E-state index is 0.00546. The molecule has 4 atom stereocenters. The van der Waals surface area contributed by atoms with E-state index in [0.29, 0.717) is 18.8 Å². The van der Waals surface area contributed by atoms with Crippen molar-refractivity contribution in [2.75, 3.05) is 40.0 Å². The van der Waals surface area contributed by atoms with E-state index in [1.807, 2.05) is 75.4 Å². The lowest BCUT2D eigenvalue weighted by Crippen LogP contribution is -2.55. The van der Waals surface area contributed by atoms with E-state index in [0.717, 1.165) is 27.6 Å². The number of rotatable bonds is 17. The number of nitro groups is 1. The number of aliphatic hydroxyl groups excluding tert-OH is 1. The summed E-state index contributed by atoms with van der Waals surface area (Å²) in [4.78, 5) is 30.1. The van der Waals surface area contributed by atoms with Gasteiger partial charge in [-0.1, -0.05) is 48.5 Å². The number of methoxy groups -OCH3 is 1.